The van der Waals surface area contributed by atoms with Gasteiger partial charge < -0.3 is 15.4 Å². The molecule has 2 fully saturated rings. The van der Waals surface area contributed by atoms with Crippen LogP contribution in [0.25, 0.3) is 0 Å². The first-order valence-electron chi connectivity index (χ1n) is 6.82. The zero-order valence-electron chi connectivity index (χ0n) is 10.9. The smallest absolute Gasteiger partial charge is 0.223 e. The van der Waals surface area contributed by atoms with Gasteiger partial charge in [-0.1, -0.05) is 0 Å². The van der Waals surface area contributed by atoms with Crippen LogP contribution in [0.2, 0.25) is 0 Å². The van der Waals surface area contributed by atoms with Crippen molar-refractivity contribution >= 4 is 5.91 Å². The van der Waals surface area contributed by atoms with Crippen LogP contribution < -0.4 is 10.6 Å². The Bertz CT molecular complexity index is 264. The summed E-state index contributed by atoms with van der Waals surface area (Å²) in [5.41, 5.74) is 0. The van der Waals surface area contributed by atoms with E-state index >= 15 is 0 Å². The van der Waals surface area contributed by atoms with E-state index < -0.39 is 0 Å². The van der Waals surface area contributed by atoms with Gasteiger partial charge in [0.25, 0.3) is 0 Å². The van der Waals surface area contributed by atoms with Gasteiger partial charge in [0, 0.05) is 18.6 Å². The van der Waals surface area contributed by atoms with Crippen LogP contribution in [0.5, 0.6) is 0 Å². The SMILES string of the molecule is CC1CC(C(=O)NC(C)C2CCCO2)CCN1. The Kier molecular flexibility index (Phi) is 4.40. The third-order valence-electron chi connectivity index (χ3n) is 3.89. The lowest BCUT2D eigenvalue weighted by Gasteiger charge is -2.29. The second-order valence-electron chi connectivity index (χ2n) is 5.43. The Morgan fingerprint density at radius 1 is 1.47 bits per heavy atom. The van der Waals surface area contributed by atoms with E-state index in [-0.39, 0.29) is 24.0 Å². The molecule has 0 aliphatic carbocycles. The van der Waals surface area contributed by atoms with Gasteiger partial charge in [0.1, 0.15) is 0 Å². The predicted octanol–water partition coefficient (Wildman–Crippen LogP) is 1.06. The first-order valence-corrected chi connectivity index (χ1v) is 6.82. The minimum Gasteiger partial charge on any atom is -0.376 e. The van der Waals surface area contributed by atoms with Gasteiger partial charge in [0.2, 0.25) is 5.91 Å². The van der Waals surface area contributed by atoms with E-state index in [1.807, 2.05) is 0 Å². The standard InChI is InChI=1S/C13H24N2O2/c1-9-8-11(5-6-14-9)13(16)15-10(2)12-4-3-7-17-12/h9-12,14H,3-8H2,1-2H3,(H,15,16). The average molecular weight is 240 g/mol. The summed E-state index contributed by atoms with van der Waals surface area (Å²) < 4.78 is 5.60. The van der Waals surface area contributed by atoms with Crippen molar-refractivity contribution in [1.29, 1.82) is 0 Å². The molecular weight excluding hydrogens is 216 g/mol. The topological polar surface area (TPSA) is 50.4 Å². The molecule has 4 unspecified atom stereocenters. The van der Waals surface area contributed by atoms with E-state index in [2.05, 4.69) is 24.5 Å². The fraction of sp³-hybridized carbons (Fsp3) is 0.923. The van der Waals surface area contributed by atoms with Gasteiger partial charge >= 0.3 is 0 Å². The minimum atomic E-state index is 0.148. The number of hydrogen-bond acceptors (Lipinski definition) is 3. The highest BCUT2D eigenvalue weighted by atomic mass is 16.5. The zero-order chi connectivity index (χ0) is 12.3. The molecule has 4 atom stereocenters. The summed E-state index contributed by atoms with van der Waals surface area (Å²) in [6, 6.07) is 0.604. The van der Waals surface area contributed by atoms with Crippen LogP contribution in [0, 0.1) is 5.92 Å². The number of ether oxygens (including phenoxy) is 1. The quantitative estimate of drug-likeness (QED) is 0.775. The molecule has 0 aromatic heterocycles. The van der Waals surface area contributed by atoms with Crippen molar-refractivity contribution in [1.82, 2.24) is 10.6 Å². The van der Waals surface area contributed by atoms with E-state index in [1.54, 1.807) is 0 Å². The van der Waals surface area contributed by atoms with Gasteiger partial charge in [0.05, 0.1) is 12.1 Å². The molecule has 0 bridgehead atoms. The number of carbonyl (C=O) groups excluding carboxylic acids is 1. The van der Waals surface area contributed by atoms with Gasteiger partial charge in [-0.25, -0.2) is 0 Å². The number of amides is 1. The Hall–Kier alpha value is -0.610. The molecule has 2 aliphatic rings. The van der Waals surface area contributed by atoms with Gasteiger partial charge in [-0.05, 0) is 46.1 Å². The van der Waals surface area contributed by atoms with Crippen molar-refractivity contribution in [3.8, 4) is 0 Å². The van der Waals surface area contributed by atoms with E-state index in [4.69, 9.17) is 4.74 Å². The van der Waals surface area contributed by atoms with E-state index in [1.165, 1.54) is 0 Å². The normalized spacial score (nSPS) is 35.5. The van der Waals surface area contributed by atoms with Crippen LogP contribution in [-0.4, -0.2) is 37.2 Å². The Morgan fingerprint density at radius 2 is 2.29 bits per heavy atom. The molecule has 17 heavy (non-hydrogen) atoms. The van der Waals surface area contributed by atoms with Gasteiger partial charge in [-0.3, -0.25) is 4.79 Å². The first kappa shape index (κ1) is 12.8. The van der Waals surface area contributed by atoms with E-state index in [0.29, 0.717) is 6.04 Å². The molecule has 1 amide bonds. The highest BCUT2D eigenvalue weighted by Crippen LogP contribution is 2.19. The molecule has 0 saturated carbocycles. The molecule has 0 spiro atoms. The van der Waals surface area contributed by atoms with Crippen molar-refractivity contribution in [3.05, 3.63) is 0 Å². The van der Waals surface area contributed by atoms with Crippen LogP contribution in [0.1, 0.15) is 39.5 Å². The number of rotatable bonds is 3. The van der Waals surface area contributed by atoms with Crippen LogP contribution in [-0.2, 0) is 9.53 Å². The summed E-state index contributed by atoms with van der Waals surface area (Å²) >= 11 is 0. The third kappa shape index (κ3) is 3.42. The summed E-state index contributed by atoms with van der Waals surface area (Å²) in [5.74, 6) is 0.386. The van der Waals surface area contributed by atoms with Gasteiger partial charge in [-0.2, -0.15) is 0 Å². The highest BCUT2D eigenvalue weighted by Gasteiger charge is 2.28. The highest BCUT2D eigenvalue weighted by molar-refractivity contribution is 5.79. The molecule has 2 rings (SSSR count). The number of nitrogens with one attached hydrogen (secondary N) is 2. The lowest BCUT2D eigenvalue weighted by molar-refractivity contribution is -0.127. The Morgan fingerprint density at radius 3 is 2.94 bits per heavy atom. The van der Waals surface area contributed by atoms with Crippen molar-refractivity contribution in [2.24, 2.45) is 5.92 Å². The molecule has 98 valence electrons. The molecule has 0 aromatic carbocycles. The van der Waals surface area contributed by atoms with E-state index in [0.717, 1.165) is 38.8 Å². The Balaban J connectivity index is 1.79. The molecule has 4 nitrogen and oxygen atoms in total. The molecule has 4 heteroatoms. The van der Waals surface area contributed by atoms with Crippen LogP contribution >= 0.6 is 0 Å². The van der Waals surface area contributed by atoms with Crippen molar-refractivity contribution in [2.75, 3.05) is 13.2 Å². The monoisotopic (exact) mass is 240 g/mol. The van der Waals surface area contributed by atoms with Crippen molar-refractivity contribution in [3.63, 3.8) is 0 Å². The number of hydrogen-bond donors (Lipinski definition) is 2. The summed E-state index contributed by atoms with van der Waals surface area (Å²) in [4.78, 5) is 12.1. The lowest BCUT2D eigenvalue weighted by Crippen LogP contribution is -2.47. The summed E-state index contributed by atoms with van der Waals surface area (Å²) in [6.07, 6.45) is 4.32. The van der Waals surface area contributed by atoms with Crippen LogP contribution in [0.3, 0.4) is 0 Å². The lowest BCUT2D eigenvalue weighted by atomic mass is 9.92. The zero-order valence-corrected chi connectivity index (χ0v) is 10.9. The molecule has 2 N–H and O–H groups in total. The molecule has 2 saturated heterocycles. The fourth-order valence-corrected chi connectivity index (χ4v) is 2.80. The summed E-state index contributed by atoms with van der Waals surface area (Å²) in [5, 5.41) is 6.49. The minimum absolute atomic E-state index is 0.148. The molecular formula is C13H24N2O2. The number of piperidine rings is 1. The maximum atomic E-state index is 12.1. The van der Waals surface area contributed by atoms with Gasteiger partial charge in [0.15, 0.2) is 0 Å². The molecule has 0 aromatic rings. The van der Waals surface area contributed by atoms with E-state index in [9.17, 15) is 4.79 Å². The second kappa shape index (κ2) is 5.83. The summed E-state index contributed by atoms with van der Waals surface area (Å²) in [7, 11) is 0. The predicted molar refractivity (Wildman–Crippen MR) is 66.8 cm³/mol. The third-order valence-corrected chi connectivity index (χ3v) is 3.89. The average Bonchev–Trinajstić information content (AvgIpc) is 2.82. The van der Waals surface area contributed by atoms with Crippen molar-refractivity contribution in [2.45, 2.75) is 57.7 Å². The molecule has 0 radical (unpaired) electrons. The van der Waals surface area contributed by atoms with Gasteiger partial charge in [-0.15, -0.1) is 0 Å². The first-order chi connectivity index (χ1) is 8.16. The number of carbonyl (C=O) groups is 1. The second-order valence-corrected chi connectivity index (χ2v) is 5.43. The largest absolute Gasteiger partial charge is 0.376 e. The van der Waals surface area contributed by atoms with Crippen LogP contribution in [0.4, 0.5) is 0 Å². The molecule has 2 heterocycles. The molecule has 2 aliphatic heterocycles. The maximum Gasteiger partial charge on any atom is 0.223 e. The van der Waals surface area contributed by atoms with Crippen LogP contribution in [0.15, 0.2) is 0 Å². The fourth-order valence-electron chi connectivity index (χ4n) is 2.80. The maximum absolute atomic E-state index is 12.1. The summed E-state index contributed by atoms with van der Waals surface area (Å²) in [6.45, 7) is 5.99. The Labute approximate surface area is 103 Å². The van der Waals surface area contributed by atoms with Crippen molar-refractivity contribution < 1.29 is 9.53 Å².